The number of rotatable bonds is 6. The summed E-state index contributed by atoms with van der Waals surface area (Å²) in [4.78, 5) is 2.11. The number of benzene rings is 1. The van der Waals surface area contributed by atoms with Gasteiger partial charge < -0.3 is 10.3 Å². The van der Waals surface area contributed by atoms with Crippen LogP contribution < -0.4 is 4.90 Å². The molecule has 0 aromatic heterocycles. The quantitative estimate of drug-likeness (QED) is 0.696. The summed E-state index contributed by atoms with van der Waals surface area (Å²) >= 11 is 0. The Morgan fingerprint density at radius 1 is 1.23 bits per heavy atom. The topological polar surface area (TPSA) is 27.1 Å². The smallest absolute Gasteiger partial charge is 0.0393 e. The zero-order valence-corrected chi connectivity index (χ0v) is 14.6. The number of allylic oxidation sites excluding steroid dienone is 4. The Balaban J connectivity index is 2.47. The highest BCUT2D eigenvalue weighted by Crippen LogP contribution is 2.36. The van der Waals surface area contributed by atoms with Crippen molar-refractivity contribution in [2.45, 2.75) is 46.5 Å². The van der Waals surface area contributed by atoms with E-state index in [1.165, 1.54) is 28.0 Å². The van der Waals surface area contributed by atoms with Gasteiger partial charge in [-0.1, -0.05) is 31.1 Å². The monoisotopic (exact) mass is 296 g/mol. The molecule has 0 saturated carbocycles. The van der Waals surface area contributed by atoms with Gasteiger partial charge in [0.05, 0.1) is 0 Å². The maximum atomic E-state index is 8.53. The molecule has 1 aromatic carbocycles. The maximum absolute atomic E-state index is 8.53. The van der Waals surface area contributed by atoms with Crippen molar-refractivity contribution in [2.24, 2.45) is 0 Å². The number of unbranched alkanes of at least 4 members (excludes halogenated alkanes) is 1. The lowest BCUT2D eigenvalue weighted by molar-refractivity contribution is 0.832. The minimum atomic E-state index is 0.769. The Kier molecular flexibility index (Phi) is 5.23. The third-order valence-electron chi connectivity index (χ3n) is 4.61. The maximum Gasteiger partial charge on any atom is 0.0393 e. The molecule has 2 heteroatoms. The lowest BCUT2D eigenvalue weighted by Gasteiger charge is -2.19. The van der Waals surface area contributed by atoms with E-state index in [1.54, 1.807) is 0 Å². The Hall–Kier alpha value is -1.83. The molecule has 0 fully saturated rings. The van der Waals surface area contributed by atoms with Crippen LogP contribution in [0.3, 0.4) is 0 Å². The van der Waals surface area contributed by atoms with E-state index < -0.39 is 0 Å². The molecular weight excluding hydrogens is 268 g/mol. The summed E-state index contributed by atoms with van der Waals surface area (Å²) in [6, 6.07) is 6.55. The fourth-order valence-electron chi connectivity index (χ4n) is 2.92. The third-order valence-corrected chi connectivity index (χ3v) is 4.61. The second-order valence-electron chi connectivity index (χ2n) is 6.40. The Bertz CT molecular complexity index is 633. The zero-order chi connectivity index (χ0) is 16.3. The van der Waals surface area contributed by atoms with Crippen LogP contribution >= 0.6 is 0 Å². The minimum absolute atomic E-state index is 0.769. The number of hydrogen-bond acceptors (Lipinski definition) is 2. The fourth-order valence-corrected chi connectivity index (χ4v) is 2.92. The van der Waals surface area contributed by atoms with E-state index in [2.05, 4.69) is 64.0 Å². The van der Waals surface area contributed by atoms with Gasteiger partial charge in [0, 0.05) is 31.1 Å². The van der Waals surface area contributed by atoms with Crippen LogP contribution in [0, 0.1) is 5.41 Å². The van der Waals surface area contributed by atoms with Gasteiger partial charge in [-0.15, -0.1) is 0 Å². The van der Waals surface area contributed by atoms with Crippen LogP contribution in [0.1, 0.15) is 57.6 Å². The standard InChI is InChI=1S/C20H28N2/c1-6-7-8-20(21)19-13-16(22(4)5)10-12-18(19)17-11-9-14(2)15(17)3/h9-10,12-13,21H,6-8,11H2,1-5H3. The summed E-state index contributed by atoms with van der Waals surface area (Å²) in [5, 5.41) is 8.53. The van der Waals surface area contributed by atoms with E-state index in [-0.39, 0.29) is 0 Å². The van der Waals surface area contributed by atoms with Crippen molar-refractivity contribution in [2.75, 3.05) is 19.0 Å². The number of anilines is 1. The van der Waals surface area contributed by atoms with Crippen LogP contribution in [0.4, 0.5) is 5.69 Å². The van der Waals surface area contributed by atoms with E-state index >= 15 is 0 Å². The van der Waals surface area contributed by atoms with E-state index in [4.69, 9.17) is 5.41 Å². The Morgan fingerprint density at radius 2 is 1.95 bits per heavy atom. The first-order chi connectivity index (χ1) is 10.5. The van der Waals surface area contributed by atoms with Gasteiger partial charge in [0.2, 0.25) is 0 Å². The minimum Gasteiger partial charge on any atom is -0.378 e. The second-order valence-corrected chi connectivity index (χ2v) is 6.40. The number of nitrogens with one attached hydrogen (secondary N) is 1. The van der Waals surface area contributed by atoms with Crippen molar-refractivity contribution in [3.8, 4) is 0 Å². The molecule has 118 valence electrons. The van der Waals surface area contributed by atoms with E-state index in [0.717, 1.165) is 37.0 Å². The Morgan fingerprint density at radius 3 is 2.50 bits per heavy atom. The molecule has 1 aliphatic rings. The van der Waals surface area contributed by atoms with Crippen molar-refractivity contribution in [3.05, 3.63) is 46.5 Å². The third kappa shape index (κ3) is 3.32. The average molecular weight is 296 g/mol. The summed E-state index contributed by atoms with van der Waals surface area (Å²) in [7, 11) is 4.11. The van der Waals surface area contributed by atoms with Crippen molar-refractivity contribution < 1.29 is 0 Å². The molecule has 1 aliphatic carbocycles. The highest BCUT2D eigenvalue weighted by molar-refractivity contribution is 6.04. The first kappa shape index (κ1) is 16.5. The van der Waals surface area contributed by atoms with Gasteiger partial charge in [0.25, 0.3) is 0 Å². The molecule has 22 heavy (non-hydrogen) atoms. The zero-order valence-electron chi connectivity index (χ0n) is 14.6. The van der Waals surface area contributed by atoms with E-state index in [9.17, 15) is 0 Å². The first-order valence-electron chi connectivity index (χ1n) is 8.22. The molecule has 2 rings (SSSR count). The van der Waals surface area contributed by atoms with Gasteiger partial charge in [0.15, 0.2) is 0 Å². The normalized spacial score (nSPS) is 14.3. The van der Waals surface area contributed by atoms with Gasteiger partial charge in [-0.25, -0.2) is 0 Å². The van der Waals surface area contributed by atoms with Crippen LogP contribution in [-0.2, 0) is 0 Å². The highest BCUT2D eigenvalue weighted by atomic mass is 15.1. The van der Waals surface area contributed by atoms with Crippen LogP contribution in [0.5, 0.6) is 0 Å². The molecule has 0 heterocycles. The average Bonchev–Trinajstić information content (AvgIpc) is 2.83. The molecule has 0 bridgehead atoms. The van der Waals surface area contributed by atoms with Crippen molar-refractivity contribution in [3.63, 3.8) is 0 Å². The van der Waals surface area contributed by atoms with Gasteiger partial charge >= 0.3 is 0 Å². The summed E-state index contributed by atoms with van der Waals surface area (Å²) in [5.41, 5.74) is 8.43. The lowest BCUT2D eigenvalue weighted by atomic mass is 9.91. The highest BCUT2D eigenvalue weighted by Gasteiger charge is 2.18. The first-order valence-corrected chi connectivity index (χ1v) is 8.22. The van der Waals surface area contributed by atoms with Crippen LogP contribution in [0.25, 0.3) is 5.57 Å². The van der Waals surface area contributed by atoms with Gasteiger partial charge in [-0.2, -0.15) is 0 Å². The second kappa shape index (κ2) is 6.95. The lowest BCUT2D eigenvalue weighted by Crippen LogP contribution is -2.11. The molecule has 0 atom stereocenters. The largest absolute Gasteiger partial charge is 0.378 e. The summed E-state index contributed by atoms with van der Waals surface area (Å²) in [5.74, 6) is 0. The molecule has 0 radical (unpaired) electrons. The van der Waals surface area contributed by atoms with Crippen molar-refractivity contribution in [1.29, 1.82) is 5.41 Å². The van der Waals surface area contributed by atoms with Gasteiger partial charge in [0.1, 0.15) is 0 Å². The molecular formula is C20H28N2. The van der Waals surface area contributed by atoms with Crippen LogP contribution in [0.15, 0.2) is 35.4 Å². The van der Waals surface area contributed by atoms with E-state index in [1.807, 2.05) is 0 Å². The number of nitrogens with zero attached hydrogens (tertiary/aromatic N) is 1. The molecule has 1 N–H and O–H groups in total. The fraction of sp³-hybridized carbons (Fsp3) is 0.450. The molecule has 0 aliphatic heterocycles. The van der Waals surface area contributed by atoms with Gasteiger partial charge in [-0.3, -0.25) is 0 Å². The molecule has 1 aromatic rings. The van der Waals surface area contributed by atoms with Crippen molar-refractivity contribution >= 4 is 17.0 Å². The summed E-state index contributed by atoms with van der Waals surface area (Å²) in [6.07, 6.45) is 6.36. The van der Waals surface area contributed by atoms with E-state index in [0.29, 0.717) is 0 Å². The molecule has 2 nitrogen and oxygen atoms in total. The van der Waals surface area contributed by atoms with Crippen LogP contribution in [0.2, 0.25) is 0 Å². The van der Waals surface area contributed by atoms with Gasteiger partial charge in [-0.05, 0) is 62.0 Å². The molecule has 0 amide bonds. The predicted octanol–water partition coefficient (Wildman–Crippen LogP) is 5.43. The molecule has 0 unspecified atom stereocenters. The number of hydrogen-bond donors (Lipinski definition) is 1. The van der Waals surface area contributed by atoms with Crippen molar-refractivity contribution in [1.82, 2.24) is 0 Å². The SMILES string of the molecule is CCCCC(=N)c1cc(N(C)C)ccc1C1=C(C)C(C)=CC1. The van der Waals surface area contributed by atoms with Crippen LogP contribution in [-0.4, -0.2) is 19.8 Å². The summed E-state index contributed by atoms with van der Waals surface area (Å²) < 4.78 is 0. The predicted molar refractivity (Wildman–Crippen MR) is 98.1 cm³/mol. The summed E-state index contributed by atoms with van der Waals surface area (Å²) in [6.45, 7) is 6.56. The Labute approximate surface area is 135 Å². The molecule has 0 saturated heterocycles. The molecule has 0 spiro atoms.